The lowest BCUT2D eigenvalue weighted by Crippen LogP contribution is -2.44. The van der Waals surface area contributed by atoms with Crippen LogP contribution in [0.3, 0.4) is 0 Å². The van der Waals surface area contributed by atoms with Gasteiger partial charge in [-0.15, -0.1) is 0 Å². The molecule has 0 fully saturated rings. The summed E-state index contributed by atoms with van der Waals surface area (Å²) in [4.78, 5) is 11.2. The number of benzene rings is 1. The zero-order valence-corrected chi connectivity index (χ0v) is 12.0. The van der Waals surface area contributed by atoms with E-state index in [1.807, 2.05) is 0 Å². The van der Waals surface area contributed by atoms with Gasteiger partial charge in [0.1, 0.15) is 5.82 Å². The standard InChI is InChI=1S/C11H14ClFN2O3S/c1-3-14-11(16)7(2)15-19(17,18)8-4-5-10(13)9(12)6-8/h4-7,15H,3H2,1-2H3,(H,14,16)/t7-/m1/s1. The Hall–Kier alpha value is -1.18. The third-order valence-corrected chi connectivity index (χ3v) is 4.11. The van der Waals surface area contributed by atoms with E-state index in [2.05, 4.69) is 10.0 Å². The van der Waals surface area contributed by atoms with Gasteiger partial charge in [0, 0.05) is 6.54 Å². The van der Waals surface area contributed by atoms with E-state index in [9.17, 15) is 17.6 Å². The highest BCUT2D eigenvalue weighted by Crippen LogP contribution is 2.19. The van der Waals surface area contributed by atoms with Crippen LogP contribution in [0.1, 0.15) is 13.8 Å². The molecule has 106 valence electrons. The summed E-state index contributed by atoms with van der Waals surface area (Å²) in [5, 5.41) is 2.19. The van der Waals surface area contributed by atoms with Gasteiger partial charge in [0.05, 0.1) is 16.0 Å². The summed E-state index contributed by atoms with van der Waals surface area (Å²) in [5.74, 6) is -1.16. The molecule has 19 heavy (non-hydrogen) atoms. The van der Waals surface area contributed by atoms with E-state index in [1.165, 1.54) is 6.92 Å². The van der Waals surface area contributed by atoms with Crippen LogP contribution < -0.4 is 10.0 Å². The van der Waals surface area contributed by atoms with E-state index in [-0.39, 0.29) is 9.92 Å². The van der Waals surface area contributed by atoms with Crippen molar-refractivity contribution in [3.63, 3.8) is 0 Å². The third kappa shape index (κ3) is 4.15. The summed E-state index contributed by atoms with van der Waals surface area (Å²) >= 11 is 5.52. The van der Waals surface area contributed by atoms with Crippen molar-refractivity contribution in [1.29, 1.82) is 0 Å². The predicted octanol–water partition coefficient (Wildman–Crippen LogP) is 1.28. The highest BCUT2D eigenvalue weighted by atomic mass is 35.5. The van der Waals surface area contributed by atoms with Gasteiger partial charge in [-0.05, 0) is 32.0 Å². The minimum Gasteiger partial charge on any atom is -0.355 e. The third-order valence-electron chi connectivity index (χ3n) is 2.28. The number of likely N-dealkylation sites (N-methyl/N-ethyl adjacent to an activating group) is 1. The SMILES string of the molecule is CCNC(=O)[C@@H](C)NS(=O)(=O)c1ccc(F)c(Cl)c1. The van der Waals surface area contributed by atoms with Crippen molar-refractivity contribution in [3.8, 4) is 0 Å². The number of carbonyl (C=O) groups is 1. The Labute approximate surface area is 116 Å². The molecule has 1 amide bonds. The Morgan fingerprint density at radius 3 is 2.63 bits per heavy atom. The van der Waals surface area contributed by atoms with E-state index in [1.54, 1.807) is 6.92 Å². The highest BCUT2D eigenvalue weighted by Gasteiger charge is 2.22. The van der Waals surface area contributed by atoms with E-state index in [4.69, 9.17) is 11.6 Å². The summed E-state index contributed by atoms with van der Waals surface area (Å²) in [6, 6.07) is 2.08. The van der Waals surface area contributed by atoms with Crippen molar-refractivity contribution in [1.82, 2.24) is 10.0 Å². The minimum atomic E-state index is -3.92. The number of sulfonamides is 1. The second-order valence-electron chi connectivity index (χ2n) is 3.81. The lowest BCUT2D eigenvalue weighted by molar-refractivity contribution is -0.122. The van der Waals surface area contributed by atoms with Gasteiger partial charge in [-0.1, -0.05) is 11.6 Å². The van der Waals surface area contributed by atoms with Gasteiger partial charge in [-0.25, -0.2) is 12.8 Å². The van der Waals surface area contributed by atoms with Gasteiger partial charge in [0.25, 0.3) is 0 Å². The maximum Gasteiger partial charge on any atom is 0.241 e. The number of carbonyl (C=O) groups excluding carboxylic acids is 1. The summed E-state index contributed by atoms with van der Waals surface area (Å²) in [6.07, 6.45) is 0. The first-order chi connectivity index (χ1) is 8.77. The fraction of sp³-hybridized carbons (Fsp3) is 0.364. The summed E-state index contributed by atoms with van der Waals surface area (Å²) in [6.45, 7) is 3.53. The Morgan fingerprint density at radius 1 is 1.47 bits per heavy atom. The van der Waals surface area contributed by atoms with Crippen molar-refractivity contribution < 1.29 is 17.6 Å². The van der Waals surface area contributed by atoms with Crippen LogP contribution in [-0.4, -0.2) is 26.9 Å². The first-order valence-corrected chi connectivity index (χ1v) is 7.39. The van der Waals surface area contributed by atoms with Gasteiger partial charge in [0.15, 0.2) is 0 Å². The minimum absolute atomic E-state index is 0.199. The van der Waals surface area contributed by atoms with Crippen LogP contribution in [0, 0.1) is 5.82 Å². The molecule has 0 radical (unpaired) electrons. The lowest BCUT2D eigenvalue weighted by Gasteiger charge is -2.13. The number of hydrogen-bond donors (Lipinski definition) is 2. The molecule has 1 aromatic carbocycles. The molecule has 0 saturated carbocycles. The van der Waals surface area contributed by atoms with Gasteiger partial charge in [-0.2, -0.15) is 4.72 Å². The molecule has 5 nitrogen and oxygen atoms in total. The summed E-state index contributed by atoms with van der Waals surface area (Å²) in [5.41, 5.74) is 0. The monoisotopic (exact) mass is 308 g/mol. The quantitative estimate of drug-likeness (QED) is 0.860. The largest absolute Gasteiger partial charge is 0.355 e. The van der Waals surface area contributed by atoms with Crippen LogP contribution in [0.5, 0.6) is 0 Å². The number of nitrogens with one attached hydrogen (secondary N) is 2. The molecule has 1 aromatic rings. The Morgan fingerprint density at radius 2 is 2.11 bits per heavy atom. The maximum absolute atomic E-state index is 13.0. The molecule has 0 spiro atoms. The normalized spacial score (nSPS) is 13.1. The van der Waals surface area contributed by atoms with E-state index >= 15 is 0 Å². The molecule has 0 aliphatic carbocycles. The van der Waals surface area contributed by atoms with Crippen LogP contribution in [0.15, 0.2) is 23.1 Å². The molecular formula is C11H14ClFN2O3S. The molecule has 0 unspecified atom stereocenters. The van der Waals surface area contributed by atoms with Crippen LogP contribution in [0.4, 0.5) is 4.39 Å². The maximum atomic E-state index is 13.0. The Balaban J connectivity index is 2.92. The Kier molecular flexibility index (Phi) is 5.28. The molecule has 2 N–H and O–H groups in total. The molecule has 0 aliphatic rings. The predicted molar refractivity (Wildman–Crippen MR) is 69.9 cm³/mol. The topological polar surface area (TPSA) is 75.3 Å². The van der Waals surface area contributed by atoms with Crippen LogP contribution >= 0.6 is 11.6 Å². The molecule has 0 saturated heterocycles. The van der Waals surface area contributed by atoms with Crippen molar-refractivity contribution >= 4 is 27.5 Å². The second kappa shape index (κ2) is 6.31. The van der Waals surface area contributed by atoms with Crippen molar-refractivity contribution in [2.75, 3.05) is 6.54 Å². The van der Waals surface area contributed by atoms with Gasteiger partial charge >= 0.3 is 0 Å². The average Bonchev–Trinajstić information content (AvgIpc) is 2.32. The summed E-state index contributed by atoms with van der Waals surface area (Å²) < 4.78 is 39.0. The molecule has 0 bridgehead atoms. The number of rotatable bonds is 5. The van der Waals surface area contributed by atoms with E-state index in [0.29, 0.717) is 6.54 Å². The average molecular weight is 309 g/mol. The molecule has 0 heterocycles. The number of halogens is 2. The molecule has 1 rings (SSSR count). The van der Waals surface area contributed by atoms with Crippen LogP contribution in [0.25, 0.3) is 0 Å². The first kappa shape index (κ1) is 15.9. The smallest absolute Gasteiger partial charge is 0.241 e. The van der Waals surface area contributed by atoms with Crippen molar-refractivity contribution in [2.24, 2.45) is 0 Å². The molecular weight excluding hydrogens is 295 g/mol. The van der Waals surface area contributed by atoms with Gasteiger partial charge in [0.2, 0.25) is 15.9 Å². The Bertz CT molecular complexity index is 577. The highest BCUT2D eigenvalue weighted by molar-refractivity contribution is 7.89. The molecule has 0 aliphatic heterocycles. The van der Waals surface area contributed by atoms with Crippen LogP contribution in [-0.2, 0) is 14.8 Å². The van der Waals surface area contributed by atoms with Crippen molar-refractivity contribution in [3.05, 3.63) is 29.0 Å². The lowest BCUT2D eigenvalue weighted by atomic mass is 10.3. The first-order valence-electron chi connectivity index (χ1n) is 5.53. The van der Waals surface area contributed by atoms with Crippen LogP contribution in [0.2, 0.25) is 5.02 Å². The van der Waals surface area contributed by atoms with Gasteiger partial charge in [-0.3, -0.25) is 4.79 Å². The molecule has 0 aromatic heterocycles. The fourth-order valence-electron chi connectivity index (χ4n) is 1.33. The number of hydrogen-bond acceptors (Lipinski definition) is 3. The van der Waals surface area contributed by atoms with E-state index in [0.717, 1.165) is 18.2 Å². The van der Waals surface area contributed by atoms with Gasteiger partial charge < -0.3 is 5.32 Å². The fourth-order valence-corrected chi connectivity index (χ4v) is 2.80. The molecule has 1 atom stereocenters. The van der Waals surface area contributed by atoms with E-state index < -0.39 is 27.8 Å². The number of amides is 1. The summed E-state index contributed by atoms with van der Waals surface area (Å²) in [7, 11) is -3.92. The zero-order valence-electron chi connectivity index (χ0n) is 10.4. The van der Waals surface area contributed by atoms with Crippen molar-refractivity contribution in [2.45, 2.75) is 24.8 Å². The second-order valence-corrected chi connectivity index (χ2v) is 5.93. The zero-order chi connectivity index (χ0) is 14.6. The molecule has 8 heteroatoms.